The number of anilines is 1. The Hall–Kier alpha value is -1.88. The highest BCUT2D eigenvalue weighted by molar-refractivity contribution is 5.98. The van der Waals surface area contributed by atoms with Gasteiger partial charge in [0.05, 0.1) is 12.5 Å². The minimum absolute atomic E-state index is 0.359. The minimum Gasteiger partial charge on any atom is -0.481 e. The number of carbonyl (C=O) groups excluding carboxylic acids is 1. The summed E-state index contributed by atoms with van der Waals surface area (Å²) in [5.74, 6) is -1.45. The number of carboxylic acids is 1. The van der Waals surface area contributed by atoms with Crippen LogP contribution in [0.3, 0.4) is 0 Å². The molecule has 1 aromatic rings. The summed E-state index contributed by atoms with van der Waals surface area (Å²) >= 11 is 0. The van der Waals surface area contributed by atoms with Crippen LogP contribution in [-0.2, 0) is 9.59 Å². The van der Waals surface area contributed by atoms with Crippen molar-refractivity contribution in [3.05, 3.63) is 30.3 Å². The summed E-state index contributed by atoms with van der Waals surface area (Å²) in [4.78, 5) is 23.9. The maximum atomic E-state index is 11.9. The van der Waals surface area contributed by atoms with E-state index in [9.17, 15) is 9.59 Å². The molecule has 5 heteroatoms. The Balaban J connectivity index is 2.81. The van der Waals surface area contributed by atoms with Crippen LogP contribution in [0.2, 0.25) is 0 Å². The fourth-order valence-electron chi connectivity index (χ4n) is 1.55. The monoisotopic (exact) mass is 236 g/mol. The highest BCUT2D eigenvalue weighted by Crippen LogP contribution is 2.14. The molecule has 0 aliphatic carbocycles. The van der Waals surface area contributed by atoms with Crippen LogP contribution in [0, 0.1) is 0 Å². The van der Waals surface area contributed by atoms with Gasteiger partial charge in [0.15, 0.2) is 0 Å². The lowest BCUT2D eigenvalue weighted by Gasteiger charge is -2.23. The molecule has 0 radical (unpaired) electrons. The zero-order chi connectivity index (χ0) is 12.8. The number of carbonyl (C=O) groups is 2. The number of nitrogens with zero attached hydrogens (tertiary/aromatic N) is 1. The first-order chi connectivity index (χ1) is 8.06. The van der Waals surface area contributed by atoms with E-state index in [-0.39, 0.29) is 12.3 Å². The van der Waals surface area contributed by atoms with Crippen molar-refractivity contribution in [1.82, 2.24) is 0 Å². The number of hydrogen-bond acceptors (Lipinski definition) is 3. The zero-order valence-electron chi connectivity index (χ0n) is 9.67. The molecule has 0 saturated heterocycles. The van der Waals surface area contributed by atoms with E-state index >= 15 is 0 Å². The number of aliphatic carboxylic acids is 1. The van der Waals surface area contributed by atoms with E-state index in [2.05, 4.69) is 0 Å². The van der Waals surface area contributed by atoms with Gasteiger partial charge in [0.1, 0.15) is 0 Å². The van der Waals surface area contributed by atoms with Crippen LogP contribution in [0.25, 0.3) is 0 Å². The molecule has 1 atom stereocenters. The minimum atomic E-state index is -1.07. The fourth-order valence-corrected chi connectivity index (χ4v) is 1.55. The molecular formula is C12H16N2O3. The number of carboxylic acid groups (broad SMARTS) is 1. The fraction of sp³-hybridized carbons (Fsp3) is 0.333. The van der Waals surface area contributed by atoms with Crippen molar-refractivity contribution in [3.8, 4) is 0 Å². The van der Waals surface area contributed by atoms with Gasteiger partial charge in [0, 0.05) is 12.2 Å². The Labute approximate surface area is 99.8 Å². The number of hydrogen-bond donors (Lipinski definition) is 2. The summed E-state index contributed by atoms with van der Waals surface area (Å²) in [6, 6.07) is 8.04. The van der Waals surface area contributed by atoms with E-state index in [0.717, 1.165) is 5.69 Å². The van der Waals surface area contributed by atoms with Gasteiger partial charge in [-0.1, -0.05) is 18.2 Å². The lowest BCUT2D eigenvalue weighted by Crippen LogP contribution is -2.45. The molecule has 0 aliphatic rings. The summed E-state index contributed by atoms with van der Waals surface area (Å²) in [5, 5.41) is 8.61. The van der Waals surface area contributed by atoms with Crippen molar-refractivity contribution in [3.63, 3.8) is 0 Å². The Morgan fingerprint density at radius 1 is 1.35 bits per heavy atom. The summed E-state index contributed by atoms with van der Waals surface area (Å²) in [6.45, 7) is 2.27. The number of rotatable bonds is 5. The Morgan fingerprint density at radius 2 is 1.94 bits per heavy atom. The molecule has 0 unspecified atom stereocenters. The molecule has 0 saturated carbocycles. The molecule has 0 bridgehead atoms. The molecule has 92 valence electrons. The van der Waals surface area contributed by atoms with Gasteiger partial charge in [-0.05, 0) is 19.1 Å². The first-order valence-electron chi connectivity index (χ1n) is 5.40. The van der Waals surface area contributed by atoms with Gasteiger partial charge in [-0.2, -0.15) is 0 Å². The van der Waals surface area contributed by atoms with E-state index in [1.54, 1.807) is 12.1 Å². The second kappa shape index (κ2) is 6.00. The van der Waals surface area contributed by atoms with Crippen LogP contribution in [0.4, 0.5) is 5.69 Å². The first kappa shape index (κ1) is 13.2. The Bertz CT molecular complexity index is 392. The third kappa shape index (κ3) is 3.57. The average Bonchev–Trinajstić information content (AvgIpc) is 2.30. The number of para-hydroxylation sites is 1. The second-order valence-corrected chi connectivity index (χ2v) is 3.62. The van der Waals surface area contributed by atoms with Crippen LogP contribution in [0.1, 0.15) is 13.3 Å². The van der Waals surface area contributed by atoms with Gasteiger partial charge in [0.2, 0.25) is 5.91 Å². The lowest BCUT2D eigenvalue weighted by atomic mass is 10.1. The van der Waals surface area contributed by atoms with Gasteiger partial charge in [-0.3, -0.25) is 9.59 Å². The normalized spacial score (nSPS) is 11.9. The van der Waals surface area contributed by atoms with E-state index in [1.807, 2.05) is 25.1 Å². The molecule has 5 nitrogen and oxygen atoms in total. The smallest absolute Gasteiger partial charge is 0.305 e. The average molecular weight is 236 g/mol. The second-order valence-electron chi connectivity index (χ2n) is 3.62. The Morgan fingerprint density at radius 3 is 2.41 bits per heavy atom. The third-order valence-corrected chi connectivity index (χ3v) is 2.36. The molecule has 1 amide bonds. The third-order valence-electron chi connectivity index (χ3n) is 2.36. The number of amides is 1. The molecule has 0 spiro atoms. The Kier molecular flexibility index (Phi) is 4.66. The van der Waals surface area contributed by atoms with Crippen LogP contribution in [0.5, 0.6) is 0 Å². The highest BCUT2D eigenvalue weighted by atomic mass is 16.4. The van der Waals surface area contributed by atoms with Crippen LogP contribution in [-0.4, -0.2) is 29.6 Å². The highest BCUT2D eigenvalue weighted by Gasteiger charge is 2.23. The van der Waals surface area contributed by atoms with E-state index in [4.69, 9.17) is 10.8 Å². The number of nitrogens with two attached hydrogens (primary N) is 1. The molecular weight excluding hydrogens is 220 g/mol. The van der Waals surface area contributed by atoms with Crippen molar-refractivity contribution < 1.29 is 14.7 Å². The zero-order valence-corrected chi connectivity index (χ0v) is 9.67. The van der Waals surface area contributed by atoms with Crippen LogP contribution >= 0.6 is 0 Å². The van der Waals surface area contributed by atoms with Gasteiger partial charge >= 0.3 is 5.97 Å². The summed E-state index contributed by atoms with van der Waals surface area (Å²) in [5.41, 5.74) is 6.28. The summed E-state index contributed by atoms with van der Waals surface area (Å²) in [6.07, 6.45) is -0.359. The van der Waals surface area contributed by atoms with Gasteiger partial charge in [-0.25, -0.2) is 0 Å². The summed E-state index contributed by atoms with van der Waals surface area (Å²) < 4.78 is 0. The van der Waals surface area contributed by atoms with Crippen molar-refractivity contribution in [2.24, 2.45) is 5.73 Å². The largest absolute Gasteiger partial charge is 0.481 e. The van der Waals surface area contributed by atoms with Crippen LogP contribution < -0.4 is 10.6 Å². The number of likely N-dealkylation sites (N-methyl/N-ethyl adjacent to an activating group) is 1. The van der Waals surface area contributed by atoms with E-state index in [1.165, 1.54) is 4.90 Å². The van der Waals surface area contributed by atoms with Gasteiger partial charge in [0.25, 0.3) is 0 Å². The molecule has 0 heterocycles. The van der Waals surface area contributed by atoms with Gasteiger partial charge < -0.3 is 15.7 Å². The lowest BCUT2D eigenvalue weighted by molar-refractivity contribution is -0.139. The van der Waals surface area contributed by atoms with Crippen molar-refractivity contribution >= 4 is 17.6 Å². The first-order valence-corrected chi connectivity index (χ1v) is 5.40. The van der Waals surface area contributed by atoms with Gasteiger partial charge in [-0.15, -0.1) is 0 Å². The summed E-state index contributed by atoms with van der Waals surface area (Å²) in [7, 11) is 0. The molecule has 1 rings (SSSR count). The molecule has 0 aliphatic heterocycles. The SMILES string of the molecule is CCN(C(=O)[C@@H](N)CC(=O)O)c1ccccc1. The molecule has 0 aromatic heterocycles. The number of benzene rings is 1. The van der Waals surface area contributed by atoms with Crippen molar-refractivity contribution in [2.45, 2.75) is 19.4 Å². The van der Waals surface area contributed by atoms with E-state index in [0.29, 0.717) is 6.54 Å². The van der Waals surface area contributed by atoms with Crippen LogP contribution in [0.15, 0.2) is 30.3 Å². The molecule has 17 heavy (non-hydrogen) atoms. The molecule has 3 N–H and O–H groups in total. The maximum absolute atomic E-state index is 11.9. The predicted molar refractivity (Wildman–Crippen MR) is 64.7 cm³/mol. The van der Waals surface area contributed by atoms with Crippen molar-refractivity contribution in [1.29, 1.82) is 0 Å². The quantitative estimate of drug-likeness (QED) is 0.793. The van der Waals surface area contributed by atoms with E-state index < -0.39 is 12.0 Å². The predicted octanol–water partition coefficient (Wildman–Crippen LogP) is 0.842. The van der Waals surface area contributed by atoms with Crippen molar-refractivity contribution in [2.75, 3.05) is 11.4 Å². The topological polar surface area (TPSA) is 83.6 Å². The maximum Gasteiger partial charge on any atom is 0.305 e. The standard InChI is InChI=1S/C12H16N2O3/c1-2-14(9-6-4-3-5-7-9)12(17)10(13)8-11(15)16/h3-7,10H,2,8,13H2,1H3,(H,15,16)/t10-/m0/s1. The molecule has 0 fully saturated rings. The molecule has 1 aromatic carbocycles.